The van der Waals surface area contributed by atoms with Gasteiger partial charge in [0, 0.05) is 18.0 Å². The molecule has 1 unspecified atom stereocenters. The Balaban J connectivity index is 2.17. The Hall–Kier alpha value is -1.91. The Labute approximate surface area is 74.9 Å². The molecule has 1 N–H and O–H groups in total. The minimum absolute atomic E-state index is 0.559. The van der Waals surface area contributed by atoms with E-state index in [0.717, 1.165) is 5.57 Å². The highest BCUT2D eigenvalue weighted by atomic mass is 15.6. The largest absolute Gasteiger partial charge is 0.273 e. The molecule has 0 radical (unpaired) electrons. The summed E-state index contributed by atoms with van der Waals surface area (Å²) in [5, 5.41) is 3.97. The molecule has 13 heavy (non-hydrogen) atoms. The van der Waals surface area contributed by atoms with Crippen molar-refractivity contribution in [3.8, 4) is 0 Å². The molecule has 0 aromatic heterocycles. The number of aliphatic imine (C=N–C) groups is 2. The Bertz CT molecular complexity index is 389. The first kappa shape index (κ1) is 6.59. The van der Waals surface area contributed by atoms with Gasteiger partial charge < -0.3 is 0 Å². The van der Waals surface area contributed by atoms with Crippen molar-refractivity contribution >= 4 is 18.9 Å². The lowest BCUT2D eigenvalue weighted by atomic mass is 10.1. The standard InChI is InChI=1S/C8H7N5/c1-2-7-4-9-5-13-6-11-12-8(7,13)10-3-1/h1-6,12H. The summed E-state index contributed by atoms with van der Waals surface area (Å²) < 4.78 is 0. The van der Waals surface area contributed by atoms with Gasteiger partial charge in [0.25, 0.3) is 5.79 Å². The van der Waals surface area contributed by atoms with Crippen LogP contribution in [0.1, 0.15) is 0 Å². The van der Waals surface area contributed by atoms with E-state index in [1.54, 1.807) is 25.1 Å². The van der Waals surface area contributed by atoms with Crippen LogP contribution in [0.3, 0.4) is 0 Å². The minimum Gasteiger partial charge on any atom is -0.273 e. The van der Waals surface area contributed by atoms with Gasteiger partial charge in [0.05, 0.1) is 6.34 Å². The summed E-state index contributed by atoms with van der Waals surface area (Å²) in [6.07, 6.45) is 10.8. The number of rotatable bonds is 0. The molecular weight excluding hydrogens is 166 g/mol. The number of nitrogens with zero attached hydrogens (tertiary/aromatic N) is 4. The molecule has 0 fully saturated rings. The molecule has 0 aliphatic carbocycles. The van der Waals surface area contributed by atoms with Crippen molar-refractivity contribution in [2.24, 2.45) is 15.1 Å². The second-order valence-corrected chi connectivity index (χ2v) is 2.92. The summed E-state index contributed by atoms with van der Waals surface area (Å²) in [5.41, 5.74) is 3.96. The molecule has 3 aliphatic heterocycles. The molecule has 0 aromatic rings. The number of dihydropyridines is 1. The number of nitrogens with one attached hydrogen (secondary N) is 1. The fourth-order valence-corrected chi connectivity index (χ4v) is 1.55. The van der Waals surface area contributed by atoms with E-state index in [4.69, 9.17) is 0 Å². The van der Waals surface area contributed by atoms with Gasteiger partial charge in [0.15, 0.2) is 0 Å². The molecule has 0 aromatic carbocycles. The van der Waals surface area contributed by atoms with Gasteiger partial charge in [0.2, 0.25) is 0 Å². The Morgan fingerprint density at radius 2 is 2.38 bits per heavy atom. The first-order valence-corrected chi connectivity index (χ1v) is 3.96. The molecule has 0 saturated heterocycles. The highest BCUT2D eigenvalue weighted by Gasteiger charge is 2.42. The van der Waals surface area contributed by atoms with Crippen LogP contribution in [0.15, 0.2) is 39.0 Å². The molecule has 5 heteroatoms. The lowest BCUT2D eigenvalue weighted by Crippen LogP contribution is -2.53. The first-order chi connectivity index (χ1) is 6.42. The van der Waals surface area contributed by atoms with E-state index in [2.05, 4.69) is 20.5 Å². The molecular formula is C8H7N5. The normalized spacial score (nSPS) is 32.6. The van der Waals surface area contributed by atoms with Crippen molar-refractivity contribution in [2.75, 3.05) is 0 Å². The highest BCUT2D eigenvalue weighted by Crippen LogP contribution is 2.29. The summed E-state index contributed by atoms with van der Waals surface area (Å²) in [6.45, 7) is 0. The van der Waals surface area contributed by atoms with E-state index in [9.17, 15) is 0 Å². The molecule has 1 atom stereocenters. The quantitative estimate of drug-likeness (QED) is 0.563. The molecule has 5 nitrogen and oxygen atoms in total. The minimum atomic E-state index is -0.559. The molecule has 0 bridgehead atoms. The number of hydrazone groups is 1. The summed E-state index contributed by atoms with van der Waals surface area (Å²) in [5.74, 6) is -0.559. The van der Waals surface area contributed by atoms with E-state index in [1.807, 2.05) is 17.1 Å². The van der Waals surface area contributed by atoms with Gasteiger partial charge in [-0.05, 0) is 12.2 Å². The third-order valence-corrected chi connectivity index (χ3v) is 2.21. The predicted molar refractivity (Wildman–Crippen MR) is 50.4 cm³/mol. The van der Waals surface area contributed by atoms with Crippen LogP contribution in [0.5, 0.6) is 0 Å². The topological polar surface area (TPSA) is 52.4 Å². The summed E-state index contributed by atoms with van der Waals surface area (Å²) in [4.78, 5) is 10.3. The summed E-state index contributed by atoms with van der Waals surface area (Å²) in [7, 11) is 0. The van der Waals surface area contributed by atoms with Crippen molar-refractivity contribution < 1.29 is 0 Å². The summed E-state index contributed by atoms with van der Waals surface area (Å²) in [6, 6.07) is 0. The van der Waals surface area contributed by atoms with Crippen LogP contribution in [0.25, 0.3) is 0 Å². The smallest absolute Gasteiger partial charge is 0.257 e. The van der Waals surface area contributed by atoms with Crippen LogP contribution in [-0.4, -0.2) is 29.6 Å². The van der Waals surface area contributed by atoms with Gasteiger partial charge in [0.1, 0.15) is 6.34 Å². The third-order valence-electron chi connectivity index (χ3n) is 2.21. The maximum Gasteiger partial charge on any atom is 0.257 e. The van der Waals surface area contributed by atoms with Crippen molar-refractivity contribution in [3.05, 3.63) is 23.9 Å². The first-order valence-electron chi connectivity index (χ1n) is 3.96. The second-order valence-electron chi connectivity index (χ2n) is 2.92. The van der Waals surface area contributed by atoms with Gasteiger partial charge in [-0.15, -0.1) is 0 Å². The number of hydrogen-bond donors (Lipinski definition) is 1. The molecule has 3 aliphatic rings. The Morgan fingerprint density at radius 3 is 3.38 bits per heavy atom. The van der Waals surface area contributed by atoms with E-state index < -0.39 is 5.79 Å². The van der Waals surface area contributed by atoms with Crippen LogP contribution in [0, 0.1) is 0 Å². The molecule has 3 rings (SSSR count). The fourth-order valence-electron chi connectivity index (χ4n) is 1.55. The maximum absolute atomic E-state index is 4.36. The lowest BCUT2D eigenvalue weighted by Gasteiger charge is -2.35. The molecule has 64 valence electrons. The number of hydrogen-bond acceptors (Lipinski definition) is 5. The van der Waals surface area contributed by atoms with E-state index in [1.165, 1.54) is 0 Å². The highest BCUT2D eigenvalue weighted by molar-refractivity contribution is 5.84. The average Bonchev–Trinajstić information content (AvgIpc) is 2.58. The second kappa shape index (κ2) is 2.07. The van der Waals surface area contributed by atoms with Crippen LogP contribution in [0.4, 0.5) is 0 Å². The Kier molecular flexibility index (Phi) is 1.05. The summed E-state index contributed by atoms with van der Waals surface area (Å²) >= 11 is 0. The van der Waals surface area contributed by atoms with E-state index in [0.29, 0.717) is 0 Å². The maximum atomic E-state index is 4.36. The lowest BCUT2D eigenvalue weighted by molar-refractivity contribution is 0.300. The van der Waals surface area contributed by atoms with Gasteiger partial charge in [-0.3, -0.25) is 10.3 Å². The van der Waals surface area contributed by atoms with Gasteiger partial charge in [-0.25, -0.2) is 9.98 Å². The monoisotopic (exact) mass is 173 g/mol. The molecule has 1 spiro atoms. The SMILES string of the molecule is C1=CC2=CN=CN3C=NNC23N=C1. The third kappa shape index (κ3) is 0.683. The molecule has 0 amide bonds. The van der Waals surface area contributed by atoms with Crippen LogP contribution >= 0.6 is 0 Å². The molecule has 3 heterocycles. The predicted octanol–water partition coefficient (Wildman–Crippen LogP) is 0.0551. The van der Waals surface area contributed by atoms with E-state index in [-0.39, 0.29) is 0 Å². The zero-order valence-electron chi connectivity index (χ0n) is 6.75. The molecule has 0 saturated carbocycles. The Morgan fingerprint density at radius 1 is 1.38 bits per heavy atom. The van der Waals surface area contributed by atoms with Crippen LogP contribution < -0.4 is 5.43 Å². The van der Waals surface area contributed by atoms with Gasteiger partial charge >= 0.3 is 0 Å². The van der Waals surface area contributed by atoms with Crippen molar-refractivity contribution in [1.29, 1.82) is 0 Å². The van der Waals surface area contributed by atoms with Gasteiger partial charge in [-0.2, -0.15) is 5.10 Å². The van der Waals surface area contributed by atoms with Crippen LogP contribution in [0.2, 0.25) is 0 Å². The van der Waals surface area contributed by atoms with E-state index >= 15 is 0 Å². The van der Waals surface area contributed by atoms with Gasteiger partial charge in [-0.1, -0.05) is 0 Å². The fraction of sp³-hybridized carbons (Fsp3) is 0.125. The van der Waals surface area contributed by atoms with Crippen molar-refractivity contribution in [3.63, 3.8) is 0 Å². The zero-order valence-corrected chi connectivity index (χ0v) is 6.75. The van der Waals surface area contributed by atoms with Crippen molar-refractivity contribution in [2.45, 2.75) is 5.79 Å². The van der Waals surface area contributed by atoms with Crippen LogP contribution in [-0.2, 0) is 0 Å². The van der Waals surface area contributed by atoms with Crippen molar-refractivity contribution in [1.82, 2.24) is 10.3 Å². The zero-order chi connectivity index (χ0) is 8.73. The average molecular weight is 173 g/mol. The number of allylic oxidation sites excluding steroid dienone is 1.